The number of ketones is 1. The molecule has 11 heteroatoms. The van der Waals surface area contributed by atoms with E-state index >= 15 is 0 Å². The average Bonchev–Trinajstić information content (AvgIpc) is 3.40. The first-order valence-electron chi connectivity index (χ1n) is 12.1. The molecule has 0 saturated carbocycles. The standard InChI is InChI=1S/C27H31N3O7S/c1-17(2)22(29-27(36)37-14-19-11-7-4-8-12-19)25(33)30-16-38-15-21(30)24(32)28-20(23(31)26(34)35)13-18-9-5-3-6-10-18/h3-12,17,20-22H,13-16H2,1-2H3,(H,28,32)(H,29,36)(H,34,35)/t20-,21-,22-/m0/s1. The zero-order valence-corrected chi connectivity index (χ0v) is 22.0. The Hall–Kier alpha value is -3.86. The molecular weight excluding hydrogens is 510 g/mol. The van der Waals surface area contributed by atoms with Gasteiger partial charge in [0.05, 0.1) is 5.88 Å². The molecule has 3 N–H and O–H groups in total. The van der Waals surface area contributed by atoms with Gasteiger partial charge >= 0.3 is 12.1 Å². The molecular formula is C27H31N3O7S. The van der Waals surface area contributed by atoms with Gasteiger partial charge in [-0.15, -0.1) is 11.8 Å². The number of carbonyl (C=O) groups excluding carboxylic acids is 4. The predicted octanol–water partition coefficient (Wildman–Crippen LogP) is 2.22. The van der Waals surface area contributed by atoms with E-state index in [9.17, 15) is 29.1 Å². The molecule has 1 aliphatic rings. The van der Waals surface area contributed by atoms with E-state index < -0.39 is 47.8 Å². The Morgan fingerprint density at radius 3 is 2.16 bits per heavy atom. The van der Waals surface area contributed by atoms with Crippen LogP contribution in [-0.2, 0) is 36.9 Å². The minimum atomic E-state index is -1.65. The molecule has 3 atom stereocenters. The van der Waals surface area contributed by atoms with E-state index in [4.69, 9.17) is 4.74 Å². The summed E-state index contributed by atoms with van der Waals surface area (Å²) in [5.74, 6) is -3.73. The highest BCUT2D eigenvalue weighted by Crippen LogP contribution is 2.24. The van der Waals surface area contributed by atoms with E-state index in [2.05, 4.69) is 10.6 Å². The number of benzene rings is 2. The number of nitrogens with zero attached hydrogens (tertiary/aromatic N) is 1. The van der Waals surface area contributed by atoms with Crippen molar-refractivity contribution < 1.29 is 33.8 Å². The number of Topliss-reactive ketones (excluding diaryl/α,β-unsaturated/α-hetero) is 1. The highest BCUT2D eigenvalue weighted by atomic mass is 32.2. The Labute approximate surface area is 225 Å². The Morgan fingerprint density at radius 1 is 0.974 bits per heavy atom. The highest BCUT2D eigenvalue weighted by molar-refractivity contribution is 7.99. The van der Waals surface area contributed by atoms with Gasteiger partial charge in [0.25, 0.3) is 5.78 Å². The van der Waals surface area contributed by atoms with Crippen molar-refractivity contribution >= 4 is 41.4 Å². The maximum absolute atomic E-state index is 13.4. The largest absolute Gasteiger partial charge is 0.475 e. The number of rotatable bonds is 11. The number of hydrogen-bond acceptors (Lipinski definition) is 7. The van der Waals surface area contributed by atoms with Crippen molar-refractivity contribution in [2.75, 3.05) is 11.6 Å². The summed E-state index contributed by atoms with van der Waals surface area (Å²) in [5, 5.41) is 14.4. The first kappa shape index (κ1) is 28.7. The molecule has 2 aromatic carbocycles. The zero-order valence-electron chi connectivity index (χ0n) is 21.2. The van der Waals surface area contributed by atoms with Crippen LogP contribution < -0.4 is 10.6 Å². The molecule has 202 valence electrons. The van der Waals surface area contributed by atoms with Gasteiger partial charge in [0.1, 0.15) is 24.7 Å². The van der Waals surface area contributed by atoms with Crippen LogP contribution in [-0.4, -0.2) is 69.4 Å². The monoisotopic (exact) mass is 541 g/mol. The number of hydrogen-bond donors (Lipinski definition) is 3. The van der Waals surface area contributed by atoms with E-state index in [0.29, 0.717) is 5.56 Å². The fraction of sp³-hybridized carbons (Fsp3) is 0.370. The maximum Gasteiger partial charge on any atom is 0.408 e. The fourth-order valence-corrected chi connectivity index (χ4v) is 5.10. The lowest BCUT2D eigenvalue weighted by atomic mass is 10.0. The lowest BCUT2D eigenvalue weighted by molar-refractivity contribution is -0.150. The van der Waals surface area contributed by atoms with Crippen LogP contribution in [0.2, 0.25) is 0 Å². The molecule has 1 heterocycles. The zero-order chi connectivity index (χ0) is 27.7. The molecule has 38 heavy (non-hydrogen) atoms. The Kier molecular flexibility index (Phi) is 10.3. The Balaban J connectivity index is 1.67. The first-order valence-corrected chi connectivity index (χ1v) is 13.3. The topological polar surface area (TPSA) is 142 Å². The van der Waals surface area contributed by atoms with Crippen molar-refractivity contribution in [1.82, 2.24) is 15.5 Å². The van der Waals surface area contributed by atoms with E-state index in [1.807, 2.05) is 30.3 Å². The summed E-state index contributed by atoms with van der Waals surface area (Å²) in [7, 11) is 0. The number of nitrogens with one attached hydrogen (secondary N) is 2. The summed E-state index contributed by atoms with van der Waals surface area (Å²) < 4.78 is 5.26. The number of carboxylic acids is 1. The normalized spacial score (nSPS) is 16.4. The quantitative estimate of drug-likeness (QED) is 0.368. The number of ether oxygens (including phenoxy) is 1. The average molecular weight is 542 g/mol. The number of thioether (sulfide) groups is 1. The van der Waals surface area contributed by atoms with Gasteiger partial charge in [0.15, 0.2) is 0 Å². The number of carbonyl (C=O) groups is 5. The number of carboxylic acid groups (broad SMARTS) is 1. The van der Waals surface area contributed by atoms with Crippen LogP contribution in [0.5, 0.6) is 0 Å². The van der Waals surface area contributed by atoms with Crippen LogP contribution in [0.4, 0.5) is 4.79 Å². The van der Waals surface area contributed by atoms with Crippen LogP contribution in [0.1, 0.15) is 25.0 Å². The molecule has 2 aromatic rings. The maximum atomic E-state index is 13.4. The molecule has 3 amide bonds. The van der Waals surface area contributed by atoms with Gasteiger partial charge in [-0.1, -0.05) is 74.5 Å². The lowest BCUT2D eigenvalue weighted by Crippen LogP contribution is -2.57. The molecule has 10 nitrogen and oxygen atoms in total. The second kappa shape index (κ2) is 13.6. The Bertz CT molecular complexity index is 1140. The Morgan fingerprint density at radius 2 is 1.58 bits per heavy atom. The molecule has 1 saturated heterocycles. The van der Waals surface area contributed by atoms with E-state index in [1.165, 1.54) is 16.7 Å². The van der Waals surface area contributed by atoms with Crippen LogP contribution in [0.15, 0.2) is 60.7 Å². The van der Waals surface area contributed by atoms with Crippen molar-refractivity contribution in [3.63, 3.8) is 0 Å². The highest BCUT2D eigenvalue weighted by Gasteiger charge is 2.40. The van der Waals surface area contributed by atoms with Crippen molar-refractivity contribution in [3.05, 3.63) is 71.8 Å². The SMILES string of the molecule is CC(C)[C@H](NC(=O)OCc1ccccc1)C(=O)N1CSC[C@H]1C(=O)N[C@@H](Cc1ccccc1)C(=O)C(=O)O. The molecule has 1 aliphatic heterocycles. The van der Waals surface area contributed by atoms with Crippen molar-refractivity contribution in [2.45, 2.75) is 45.0 Å². The van der Waals surface area contributed by atoms with Crippen molar-refractivity contribution in [2.24, 2.45) is 5.92 Å². The van der Waals surface area contributed by atoms with Crippen LogP contribution in [0.25, 0.3) is 0 Å². The van der Waals surface area contributed by atoms with Gasteiger partial charge in [-0.2, -0.15) is 0 Å². The molecule has 0 aliphatic carbocycles. The van der Waals surface area contributed by atoms with Gasteiger partial charge in [-0.3, -0.25) is 14.4 Å². The van der Waals surface area contributed by atoms with Gasteiger partial charge in [0, 0.05) is 12.2 Å². The second-order valence-electron chi connectivity index (χ2n) is 9.17. The molecule has 3 rings (SSSR count). The summed E-state index contributed by atoms with van der Waals surface area (Å²) in [6.07, 6.45) is -0.765. The third-order valence-electron chi connectivity index (χ3n) is 6.01. The minimum Gasteiger partial charge on any atom is -0.475 e. The molecule has 0 radical (unpaired) electrons. The fourth-order valence-electron chi connectivity index (χ4n) is 3.94. The molecule has 0 unspecified atom stereocenters. The summed E-state index contributed by atoms with van der Waals surface area (Å²) in [6.45, 7) is 3.57. The number of aliphatic carboxylic acids is 1. The molecule has 0 aromatic heterocycles. The van der Waals surface area contributed by atoms with Crippen molar-refractivity contribution in [3.8, 4) is 0 Å². The lowest BCUT2D eigenvalue weighted by Gasteiger charge is -2.30. The van der Waals surface area contributed by atoms with Gasteiger partial charge < -0.3 is 25.4 Å². The summed E-state index contributed by atoms with van der Waals surface area (Å²) >= 11 is 1.35. The van der Waals surface area contributed by atoms with E-state index in [-0.39, 0.29) is 30.6 Å². The van der Waals surface area contributed by atoms with Crippen molar-refractivity contribution in [1.29, 1.82) is 0 Å². The van der Waals surface area contributed by atoms with Gasteiger partial charge in [0.2, 0.25) is 11.8 Å². The third kappa shape index (κ3) is 7.82. The van der Waals surface area contributed by atoms with E-state index in [0.717, 1.165) is 5.56 Å². The van der Waals surface area contributed by atoms with Gasteiger partial charge in [-0.05, 0) is 17.0 Å². The smallest absolute Gasteiger partial charge is 0.408 e. The summed E-state index contributed by atoms with van der Waals surface area (Å²) in [5.41, 5.74) is 1.47. The van der Waals surface area contributed by atoms with Crippen LogP contribution in [0.3, 0.4) is 0 Å². The third-order valence-corrected chi connectivity index (χ3v) is 7.03. The van der Waals surface area contributed by atoms with Crippen LogP contribution >= 0.6 is 11.8 Å². The molecule has 0 spiro atoms. The van der Waals surface area contributed by atoms with E-state index in [1.54, 1.807) is 44.2 Å². The molecule has 0 bridgehead atoms. The summed E-state index contributed by atoms with van der Waals surface area (Å²) in [4.78, 5) is 64.1. The second-order valence-corrected chi connectivity index (χ2v) is 10.2. The predicted molar refractivity (Wildman–Crippen MR) is 141 cm³/mol. The first-order chi connectivity index (χ1) is 18.2. The number of amides is 3. The number of alkyl carbamates (subject to hydrolysis) is 1. The van der Waals surface area contributed by atoms with Gasteiger partial charge in [-0.25, -0.2) is 9.59 Å². The van der Waals surface area contributed by atoms with Crippen LogP contribution in [0, 0.1) is 5.92 Å². The molecule has 1 fully saturated rings. The summed E-state index contributed by atoms with van der Waals surface area (Å²) in [6, 6.07) is 14.7. The minimum absolute atomic E-state index is 0.00501.